The maximum Gasteiger partial charge on any atom is 0.408 e. The summed E-state index contributed by atoms with van der Waals surface area (Å²) in [4.78, 5) is 23.1. The predicted molar refractivity (Wildman–Crippen MR) is 80.2 cm³/mol. The summed E-state index contributed by atoms with van der Waals surface area (Å²) in [6, 6.07) is 6.64. The van der Waals surface area contributed by atoms with E-state index in [1.165, 1.54) is 0 Å². The first-order valence-electron chi connectivity index (χ1n) is 6.20. The van der Waals surface area contributed by atoms with E-state index in [4.69, 9.17) is 10.5 Å². The van der Waals surface area contributed by atoms with Gasteiger partial charge in [0.05, 0.1) is 0 Å². The molecular weight excluding hydrogens is 324 g/mol. The number of primary amides is 1. The monoisotopic (exact) mass is 342 g/mol. The number of benzene rings is 1. The first-order valence-corrected chi connectivity index (χ1v) is 7.00. The molecule has 110 valence electrons. The molecule has 3 N–H and O–H groups in total. The zero-order chi connectivity index (χ0) is 15.3. The van der Waals surface area contributed by atoms with Crippen LogP contribution in [0.5, 0.6) is 0 Å². The van der Waals surface area contributed by atoms with Crippen molar-refractivity contribution in [1.82, 2.24) is 5.32 Å². The molecule has 0 aliphatic heterocycles. The molecule has 0 saturated carbocycles. The summed E-state index contributed by atoms with van der Waals surface area (Å²) in [6.45, 7) is 5.25. The van der Waals surface area contributed by atoms with E-state index in [1.54, 1.807) is 20.8 Å². The summed E-state index contributed by atoms with van der Waals surface area (Å²) in [7, 11) is 0. The van der Waals surface area contributed by atoms with Gasteiger partial charge in [-0.15, -0.1) is 0 Å². The highest BCUT2D eigenvalue weighted by Gasteiger charge is 2.22. The standard InChI is InChI=1S/C14H19BrN2O3/c1-14(2,3)20-13(19)17-11(12(16)18)8-9-4-6-10(15)7-5-9/h4-7,11H,8H2,1-3H3,(H2,16,18)(H,17,19)/t11-/m0/s1. The van der Waals surface area contributed by atoms with Crippen LogP contribution in [0.1, 0.15) is 26.3 Å². The van der Waals surface area contributed by atoms with Crippen LogP contribution in [0.15, 0.2) is 28.7 Å². The highest BCUT2D eigenvalue weighted by molar-refractivity contribution is 9.10. The number of carbonyl (C=O) groups excluding carboxylic acids is 2. The Morgan fingerprint density at radius 1 is 1.30 bits per heavy atom. The van der Waals surface area contributed by atoms with Crippen molar-refractivity contribution in [2.45, 2.75) is 38.8 Å². The second-order valence-electron chi connectivity index (χ2n) is 5.43. The lowest BCUT2D eigenvalue weighted by molar-refractivity contribution is -0.120. The summed E-state index contributed by atoms with van der Waals surface area (Å²) < 4.78 is 6.05. The highest BCUT2D eigenvalue weighted by Crippen LogP contribution is 2.12. The van der Waals surface area contributed by atoms with E-state index in [9.17, 15) is 9.59 Å². The molecule has 0 unspecified atom stereocenters. The predicted octanol–water partition coefficient (Wildman–Crippen LogP) is 2.37. The van der Waals surface area contributed by atoms with Crippen molar-refractivity contribution >= 4 is 27.9 Å². The van der Waals surface area contributed by atoms with Gasteiger partial charge in [-0.25, -0.2) is 4.79 Å². The summed E-state index contributed by atoms with van der Waals surface area (Å²) in [5.74, 6) is -0.598. The van der Waals surface area contributed by atoms with Crippen molar-refractivity contribution in [1.29, 1.82) is 0 Å². The Bertz CT molecular complexity index is 480. The number of rotatable bonds is 4. The van der Waals surface area contributed by atoms with E-state index in [0.29, 0.717) is 6.42 Å². The van der Waals surface area contributed by atoms with Gasteiger partial charge in [0.1, 0.15) is 11.6 Å². The molecule has 1 aromatic rings. The molecular formula is C14H19BrN2O3. The lowest BCUT2D eigenvalue weighted by Gasteiger charge is -2.22. The lowest BCUT2D eigenvalue weighted by atomic mass is 10.1. The number of halogens is 1. The molecule has 0 heterocycles. The van der Waals surface area contributed by atoms with E-state index >= 15 is 0 Å². The number of nitrogens with two attached hydrogens (primary N) is 1. The maximum atomic E-state index is 11.7. The molecule has 1 atom stereocenters. The fourth-order valence-electron chi connectivity index (χ4n) is 1.53. The van der Waals surface area contributed by atoms with Crippen LogP contribution in [0.3, 0.4) is 0 Å². The number of hydrogen-bond donors (Lipinski definition) is 2. The van der Waals surface area contributed by atoms with Gasteiger partial charge in [-0.05, 0) is 38.5 Å². The first-order chi connectivity index (χ1) is 9.17. The summed E-state index contributed by atoms with van der Waals surface area (Å²) >= 11 is 3.33. The van der Waals surface area contributed by atoms with Gasteiger partial charge >= 0.3 is 6.09 Å². The van der Waals surface area contributed by atoms with Gasteiger partial charge in [-0.2, -0.15) is 0 Å². The Balaban J connectivity index is 2.68. The van der Waals surface area contributed by atoms with Gasteiger partial charge in [-0.3, -0.25) is 4.79 Å². The molecule has 1 aromatic carbocycles. The molecule has 0 aliphatic carbocycles. The van der Waals surface area contributed by atoms with Crippen molar-refractivity contribution in [3.8, 4) is 0 Å². The van der Waals surface area contributed by atoms with Crippen LogP contribution in [0.4, 0.5) is 4.79 Å². The van der Waals surface area contributed by atoms with Crippen molar-refractivity contribution in [3.63, 3.8) is 0 Å². The van der Waals surface area contributed by atoms with Crippen molar-refractivity contribution in [3.05, 3.63) is 34.3 Å². The first kappa shape index (κ1) is 16.5. The van der Waals surface area contributed by atoms with Crippen LogP contribution in [-0.2, 0) is 16.0 Å². The molecule has 0 radical (unpaired) electrons. The van der Waals surface area contributed by atoms with E-state index in [2.05, 4.69) is 21.2 Å². The van der Waals surface area contributed by atoms with Gasteiger partial charge in [0, 0.05) is 10.9 Å². The zero-order valence-electron chi connectivity index (χ0n) is 11.8. The Kier molecular flexibility index (Phi) is 5.56. The molecule has 0 aromatic heterocycles. The van der Waals surface area contributed by atoms with Crippen LogP contribution in [0.2, 0.25) is 0 Å². The maximum absolute atomic E-state index is 11.7. The minimum absolute atomic E-state index is 0.321. The summed E-state index contributed by atoms with van der Waals surface area (Å²) in [6.07, 6.45) is -0.333. The second-order valence-corrected chi connectivity index (χ2v) is 6.35. The van der Waals surface area contributed by atoms with Gasteiger partial charge < -0.3 is 15.8 Å². The second kappa shape index (κ2) is 6.74. The topological polar surface area (TPSA) is 81.4 Å². The molecule has 2 amide bonds. The third-order valence-electron chi connectivity index (χ3n) is 2.39. The molecule has 0 saturated heterocycles. The average molecular weight is 343 g/mol. The van der Waals surface area contributed by atoms with Gasteiger partial charge in [-0.1, -0.05) is 28.1 Å². The van der Waals surface area contributed by atoms with E-state index in [-0.39, 0.29) is 0 Å². The molecule has 1 rings (SSSR count). The molecule has 0 aliphatic rings. The van der Waals surface area contributed by atoms with Gasteiger partial charge in [0.25, 0.3) is 0 Å². The molecule has 6 heteroatoms. The zero-order valence-corrected chi connectivity index (χ0v) is 13.4. The third-order valence-corrected chi connectivity index (χ3v) is 2.92. The van der Waals surface area contributed by atoms with Crippen molar-refractivity contribution in [2.24, 2.45) is 5.73 Å². The third kappa shape index (κ3) is 6.06. The Hall–Kier alpha value is -1.56. The van der Waals surface area contributed by atoms with Crippen LogP contribution in [-0.4, -0.2) is 23.6 Å². The molecule has 0 fully saturated rings. The number of hydrogen-bond acceptors (Lipinski definition) is 3. The number of amides is 2. The molecule has 20 heavy (non-hydrogen) atoms. The van der Waals surface area contributed by atoms with Crippen molar-refractivity contribution < 1.29 is 14.3 Å². The highest BCUT2D eigenvalue weighted by atomic mass is 79.9. The van der Waals surface area contributed by atoms with Crippen molar-refractivity contribution in [2.75, 3.05) is 0 Å². The normalized spacial score (nSPS) is 12.6. The Labute approximate surface area is 127 Å². The number of nitrogens with one attached hydrogen (secondary N) is 1. The van der Waals surface area contributed by atoms with Crippen LogP contribution in [0.25, 0.3) is 0 Å². The molecule has 5 nitrogen and oxygen atoms in total. The van der Waals surface area contributed by atoms with Crippen LogP contribution in [0, 0.1) is 0 Å². The number of ether oxygens (including phenoxy) is 1. The van der Waals surface area contributed by atoms with E-state index in [1.807, 2.05) is 24.3 Å². The lowest BCUT2D eigenvalue weighted by Crippen LogP contribution is -2.47. The van der Waals surface area contributed by atoms with Gasteiger partial charge in [0.2, 0.25) is 5.91 Å². The number of alkyl carbamates (subject to hydrolysis) is 1. The Morgan fingerprint density at radius 3 is 2.30 bits per heavy atom. The molecule has 0 bridgehead atoms. The fraction of sp³-hybridized carbons (Fsp3) is 0.429. The summed E-state index contributed by atoms with van der Waals surface area (Å²) in [5.41, 5.74) is 5.58. The smallest absolute Gasteiger partial charge is 0.408 e. The minimum atomic E-state index is -0.800. The Morgan fingerprint density at radius 2 is 1.85 bits per heavy atom. The van der Waals surface area contributed by atoms with E-state index in [0.717, 1.165) is 10.0 Å². The number of carbonyl (C=O) groups is 2. The average Bonchev–Trinajstić information content (AvgIpc) is 2.28. The van der Waals surface area contributed by atoms with Crippen LogP contribution < -0.4 is 11.1 Å². The van der Waals surface area contributed by atoms with E-state index < -0.39 is 23.6 Å². The summed E-state index contributed by atoms with van der Waals surface area (Å²) in [5, 5.41) is 2.49. The largest absolute Gasteiger partial charge is 0.444 e. The minimum Gasteiger partial charge on any atom is -0.444 e. The fourth-order valence-corrected chi connectivity index (χ4v) is 1.79. The molecule has 0 spiro atoms. The van der Waals surface area contributed by atoms with Crippen LogP contribution >= 0.6 is 15.9 Å². The quantitative estimate of drug-likeness (QED) is 0.881. The SMILES string of the molecule is CC(C)(C)OC(=O)N[C@@H](Cc1ccc(Br)cc1)C(N)=O. The van der Waals surface area contributed by atoms with Gasteiger partial charge in [0.15, 0.2) is 0 Å².